The molecule has 1 unspecified atom stereocenters. The molecule has 27 heavy (non-hydrogen) atoms. The summed E-state index contributed by atoms with van der Waals surface area (Å²) in [5, 5.41) is 0. The monoisotopic (exact) mass is 390 g/mol. The number of esters is 1. The second-order valence-electron chi connectivity index (χ2n) is 9.73. The van der Waals surface area contributed by atoms with Crippen molar-refractivity contribution in [2.75, 3.05) is 33.4 Å². The van der Waals surface area contributed by atoms with Crippen molar-refractivity contribution in [1.29, 1.82) is 0 Å². The summed E-state index contributed by atoms with van der Waals surface area (Å²) in [6, 6.07) is 0. The molecule has 0 heterocycles. The highest BCUT2D eigenvalue weighted by molar-refractivity contribution is 5.75. The zero-order chi connectivity index (χ0) is 21.1. The average Bonchev–Trinajstić information content (AvgIpc) is 2.51. The summed E-state index contributed by atoms with van der Waals surface area (Å²) in [7, 11) is 0. The molecule has 0 radical (unpaired) electrons. The second kappa shape index (κ2) is 12.0. The Labute approximate surface area is 166 Å². The van der Waals surface area contributed by atoms with Gasteiger partial charge in [0.1, 0.15) is 19.7 Å². The summed E-state index contributed by atoms with van der Waals surface area (Å²) in [5.41, 5.74) is -0.678. The molecule has 0 amide bonds. The first kappa shape index (κ1) is 26.3. The Morgan fingerprint density at radius 1 is 0.889 bits per heavy atom. The molecule has 6 nitrogen and oxygen atoms in total. The molecule has 6 heteroatoms. The van der Waals surface area contributed by atoms with Crippen molar-refractivity contribution in [3.63, 3.8) is 0 Å². The number of hydrogen-bond acceptors (Lipinski definition) is 6. The first-order valence-electron chi connectivity index (χ1n) is 9.85. The van der Waals surface area contributed by atoms with Crippen LogP contribution in [0, 0.1) is 10.8 Å². The van der Waals surface area contributed by atoms with Crippen LogP contribution in [0.3, 0.4) is 0 Å². The number of carbonyl (C=O) groups excluding carboxylic acids is 1. The van der Waals surface area contributed by atoms with E-state index in [-0.39, 0.29) is 43.3 Å². The van der Waals surface area contributed by atoms with Crippen LogP contribution in [0.5, 0.6) is 0 Å². The normalized spacial score (nSPS) is 14.3. The van der Waals surface area contributed by atoms with Gasteiger partial charge in [0, 0.05) is 6.42 Å². The standard InChI is InChI=1S/C21H42O6/c1-10-21(8,9)18(22)27-17(11-12-23-16-26-20(5,6)7)13-24-15-25-14-19(2,3)4/h17H,10-16H2,1-9H3. The molecule has 0 rings (SSSR count). The summed E-state index contributed by atoms with van der Waals surface area (Å²) in [6.45, 7) is 19.6. The predicted octanol–water partition coefficient (Wildman–Crippen LogP) is 4.55. The number of ether oxygens (including phenoxy) is 5. The van der Waals surface area contributed by atoms with Gasteiger partial charge in [0.2, 0.25) is 0 Å². The minimum atomic E-state index is -0.517. The Bertz CT molecular complexity index is 382. The molecule has 162 valence electrons. The molecule has 0 saturated carbocycles. The maximum Gasteiger partial charge on any atom is 0.311 e. The molecule has 0 saturated heterocycles. The van der Waals surface area contributed by atoms with Gasteiger partial charge in [-0.2, -0.15) is 0 Å². The summed E-state index contributed by atoms with van der Waals surface area (Å²) >= 11 is 0. The quantitative estimate of drug-likeness (QED) is 0.261. The third-order valence-electron chi connectivity index (χ3n) is 3.88. The molecule has 1 atom stereocenters. The molecule has 0 aromatic carbocycles. The SMILES string of the molecule is CCC(C)(C)C(=O)OC(CCOCOC(C)(C)C)COCOCC(C)(C)C. The Balaban J connectivity index is 4.38. The molecule has 0 bridgehead atoms. The van der Waals surface area contributed by atoms with Gasteiger partial charge in [0.25, 0.3) is 0 Å². The highest BCUT2D eigenvalue weighted by atomic mass is 16.7. The van der Waals surface area contributed by atoms with Crippen LogP contribution in [0.15, 0.2) is 0 Å². The molecule has 0 aliphatic heterocycles. The Hall–Kier alpha value is -0.690. The predicted molar refractivity (Wildman–Crippen MR) is 106 cm³/mol. The summed E-state index contributed by atoms with van der Waals surface area (Å²) < 4.78 is 27.8. The van der Waals surface area contributed by atoms with E-state index in [0.29, 0.717) is 26.1 Å². The van der Waals surface area contributed by atoms with Crippen LogP contribution >= 0.6 is 0 Å². The summed E-state index contributed by atoms with van der Waals surface area (Å²) in [4.78, 5) is 12.4. The van der Waals surface area contributed by atoms with Gasteiger partial charge in [0.05, 0.1) is 30.8 Å². The topological polar surface area (TPSA) is 63.2 Å². The molecule has 0 N–H and O–H groups in total. The third-order valence-corrected chi connectivity index (χ3v) is 3.88. The van der Waals surface area contributed by atoms with Crippen molar-refractivity contribution in [3.05, 3.63) is 0 Å². The molecule has 0 spiro atoms. The van der Waals surface area contributed by atoms with Crippen LogP contribution in [0.25, 0.3) is 0 Å². The van der Waals surface area contributed by atoms with E-state index in [0.717, 1.165) is 0 Å². The highest BCUT2D eigenvalue weighted by Gasteiger charge is 2.29. The van der Waals surface area contributed by atoms with E-state index in [2.05, 4.69) is 20.8 Å². The van der Waals surface area contributed by atoms with Crippen LogP contribution in [0.1, 0.15) is 75.2 Å². The third kappa shape index (κ3) is 15.0. The van der Waals surface area contributed by atoms with Crippen LogP contribution in [-0.2, 0) is 28.5 Å². The van der Waals surface area contributed by atoms with Gasteiger partial charge in [-0.15, -0.1) is 0 Å². The van der Waals surface area contributed by atoms with Crippen LogP contribution < -0.4 is 0 Å². The second-order valence-corrected chi connectivity index (χ2v) is 9.73. The highest BCUT2D eigenvalue weighted by Crippen LogP contribution is 2.23. The smallest absolute Gasteiger partial charge is 0.311 e. The van der Waals surface area contributed by atoms with Gasteiger partial charge in [0.15, 0.2) is 0 Å². The van der Waals surface area contributed by atoms with Gasteiger partial charge in [-0.05, 0) is 46.5 Å². The molecule has 0 fully saturated rings. The Morgan fingerprint density at radius 3 is 2.04 bits per heavy atom. The minimum Gasteiger partial charge on any atom is -0.459 e. The van der Waals surface area contributed by atoms with Crippen molar-refractivity contribution in [3.8, 4) is 0 Å². The number of hydrogen-bond donors (Lipinski definition) is 0. The van der Waals surface area contributed by atoms with E-state index in [1.165, 1.54) is 0 Å². The van der Waals surface area contributed by atoms with Crippen molar-refractivity contribution in [2.24, 2.45) is 10.8 Å². The molecule has 0 aromatic rings. The lowest BCUT2D eigenvalue weighted by atomic mass is 9.90. The zero-order valence-electron chi connectivity index (χ0n) is 19.0. The van der Waals surface area contributed by atoms with Crippen LogP contribution in [-0.4, -0.2) is 51.1 Å². The lowest BCUT2D eigenvalue weighted by Crippen LogP contribution is -2.33. The molecular formula is C21H42O6. The van der Waals surface area contributed by atoms with E-state index >= 15 is 0 Å². The van der Waals surface area contributed by atoms with Crippen LogP contribution in [0.2, 0.25) is 0 Å². The number of carbonyl (C=O) groups is 1. The number of rotatable bonds is 13. The van der Waals surface area contributed by atoms with Crippen molar-refractivity contribution in [2.45, 2.75) is 86.9 Å². The molecule has 0 aromatic heterocycles. The van der Waals surface area contributed by atoms with Crippen molar-refractivity contribution < 1.29 is 28.5 Å². The molecule has 0 aliphatic carbocycles. The van der Waals surface area contributed by atoms with E-state index < -0.39 is 5.41 Å². The van der Waals surface area contributed by atoms with E-state index in [4.69, 9.17) is 23.7 Å². The van der Waals surface area contributed by atoms with Gasteiger partial charge in [-0.3, -0.25) is 4.79 Å². The van der Waals surface area contributed by atoms with Gasteiger partial charge >= 0.3 is 5.97 Å². The maximum absolute atomic E-state index is 12.4. The van der Waals surface area contributed by atoms with E-state index in [9.17, 15) is 4.79 Å². The van der Waals surface area contributed by atoms with Gasteiger partial charge in [-0.25, -0.2) is 0 Å². The van der Waals surface area contributed by atoms with Crippen molar-refractivity contribution in [1.82, 2.24) is 0 Å². The minimum absolute atomic E-state index is 0.0846. The lowest BCUT2D eigenvalue weighted by molar-refractivity contribution is -0.170. The van der Waals surface area contributed by atoms with Gasteiger partial charge < -0.3 is 23.7 Å². The fourth-order valence-electron chi connectivity index (χ4n) is 1.71. The molecular weight excluding hydrogens is 348 g/mol. The average molecular weight is 391 g/mol. The van der Waals surface area contributed by atoms with Gasteiger partial charge in [-0.1, -0.05) is 27.7 Å². The van der Waals surface area contributed by atoms with Crippen LogP contribution in [0.4, 0.5) is 0 Å². The largest absolute Gasteiger partial charge is 0.459 e. The van der Waals surface area contributed by atoms with E-state index in [1.807, 2.05) is 41.5 Å². The lowest BCUT2D eigenvalue weighted by Gasteiger charge is -2.26. The maximum atomic E-state index is 12.4. The first-order chi connectivity index (χ1) is 12.3. The van der Waals surface area contributed by atoms with E-state index in [1.54, 1.807) is 0 Å². The Kier molecular flexibility index (Phi) is 11.7. The summed E-state index contributed by atoms with van der Waals surface area (Å²) in [5.74, 6) is -0.222. The first-order valence-corrected chi connectivity index (χ1v) is 9.85. The zero-order valence-corrected chi connectivity index (χ0v) is 19.0. The fraction of sp³-hybridized carbons (Fsp3) is 0.952. The fourth-order valence-corrected chi connectivity index (χ4v) is 1.71. The Morgan fingerprint density at radius 2 is 1.52 bits per heavy atom. The van der Waals surface area contributed by atoms with Crippen molar-refractivity contribution >= 4 is 5.97 Å². The molecule has 0 aliphatic rings. The summed E-state index contributed by atoms with van der Waals surface area (Å²) in [6.07, 6.45) is 0.874.